The summed E-state index contributed by atoms with van der Waals surface area (Å²) in [5.41, 5.74) is 3.07. The first-order chi connectivity index (χ1) is 11.6. The molecule has 0 spiro atoms. The number of anilines is 1. The largest absolute Gasteiger partial charge is 0.370 e. The quantitative estimate of drug-likeness (QED) is 0.496. The van der Waals surface area contributed by atoms with Crippen LogP contribution in [0.3, 0.4) is 0 Å². The van der Waals surface area contributed by atoms with Gasteiger partial charge in [-0.15, -0.1) is 11.3 Å². The third-order valence-electron chi connectivity index (χ3n) is 4.10. The molecule has 0 bridgehead atoms. The van der Waals surface area contributed by atoms with Gasteiger partial charge in [-0.2, -0.15) is 5.10 Å². The fraction of sp³-hybridized carbons (Fsp3) is 0.235. The molecule has 3 heterocycles. The summed E-state index contributed by atoms with van der Waals surface area (Å²) in [7, 11) is 0. The summed E-state index contributed by atoms with van der Waals surface area (Å²) in [6.07, 6.45) is 3.30. The van der Waals surface area contributed by atoms with Crippen LogP contribution in [0.25, 0.3) is 16.3 Å². The van der Waals surface area contributed by atoms with Crippen molar-refractivity contribution in [3.8, 4) is 16.3 Å². The van der Waals surface area contributed by atoms with Gasteiger partial charge in [0.05, 0.1) is 24.4 Å². The Morgan fingerprint density at radius 1 is 1.17 bits per heavy atom. The van der Waals surface area contributed by atoms with Crippen LogP contribution in [0.15, 0.2) is 34.1 Å². The molecular formula is C17H14BrCl2N3S. The van der Waals surface area contributed by atoms with E-state index < -0.39 is 0 Å². The standard InChI is InChI=1S/C17H14BrCl2N3S/c18-14-8-7-13(24-14)16-10-4-1-2-9-21-17(10)23(22-16)12-6-3-5-11(19)15(12)20/h3,5-8,21H,1-2,4,9H2. The predicted molar refractivity (Wildman–Crippen MR) is 106 cm³/mol. The number of aromatic nitrogens is 2. The van der Waals surface area contributed by atoms with Crippen molar-refractivity contribution in [3.05, 3.63) is 49.7 Å². The molecule has 0 amide bonds. The summed E-state index contributed by atoms with van der Waals surface area (Å²) < 4.78 is 3.00. The molecular weight excluding hydrogens is 429 g/mol. The highest BCUT2D eigenvalue weighted by Crippen LogP contribution is 2.39. The van der Waals surface area contributed by atoms with Crippen LogP contribution in [0.1, 0.15) is 18.4 Å². The van der Waals surface area contributed by atoms with E-state index in [4.69, 9.17) is 28.3 Å². The van der Waals surface area contributed by atoms with Gasteiger partial charge in [0.15, 0.2) is 0 Å². The zero-order valence-corrected chi connectivity index (χ0v) is 16.6. The maximum Gasteiger partial charge on any atom is 0.133 e. The Balaban J connectivity index is 1.94. The minimum atomic E-state index is 0.523. The van der Waals surface area contributed by atoms with Crippen LogP contribution in [0.4, 0.5) is 5.82 Å². The van der Waals surface area contributed by atoms with Crippen molar-refractivity contribution in [3.63, 3.8) is 0 Å². The SMILES string of the molecule is Clc1cccc(-n2nc(-c3ccc(Br)s3)c3c2NCCCC3)c1Cl. The van der Waals surface area contributed by atoms with Gasteiger partial charge in [0.25, 0.3) is 0 Å². The molecule has 0 unspecified atom stereocenters. The normalized spacial score (nSPS) is 14.1. The molecule has 1 aliphatic rings. The molecule has 124 valence electrons. The number of benzene rings is 1. The zero-order chi connectivity index (χ0) is 16.7. The number of hydrogen-bond acceptors (Lipinski definition) is 3. The third-order valence-corrected chi connectivity index (χ3v) is 6.53. The molecule has 2 aromatic heterocycles. The first-order valence-electron chi connectivity index (χ1n) is 7.71. The van der Waals surface area contributed by atoms with Gasteiger partial charge in [-0.25, -0.2) is 4.68 Å². The number of rotatable bonds is 2. The molecule has 3 nitrogen and oxygen atoms in total. The molecule has 24 heavy (non-hydrogen) atoms. The maximum atomic E-state index is 6.44. The van der Waals surface area contributed by atoms with Crippen LogP contribution in [0, 0.1) is 0 Å². The minimum absolute atomic E-state index is 0.523. The van der Waals surface area contributed by atoms with Gasteiger partial charge in [-0.3, -0.25) is 0 Å². The molecule has 0 saturated carbocycles. The lowest BCUT2D eigenvalue weighted by atomic mass is 10.1. The van der Waals surface area contributed by atoms with Crippen LogP contribution in [-0.4, -0.2) is 16.3 Å². The fourth-order valence-electron chi connectivity index (χ4n) is 2.97. The van der Waals surface area contributed by atoms with E-state index in [1.165, 1.54) is 5.56 Å². The highest BCUT2D eigenvalue weighted by Gasteiger charge is 2.23. The summed E-state index contributed by atoms with van der Waals surface area (Å²) in [4.78, 5) is 1.15. The second kappa shape index (κ2) is 6.71. The lowest BCUT2D eigenvalue weighted by Gasteiger charge is -2.11. The Morgan fingerprint density at radius 3 is 2.83 bits per heavy atom. The van der Waals surface area contributed by atoms with Crippen molar-refractivity contribution in [1.82, 2.24) is 9.78 Å². The molecule has 0 aliphatic carbocycles. The van der Waals surface area contributed by atoms with Gasteiger partial charge in [-0.1, -0.05) is 29.3 Å². The van der Waals surface area contributed by atoms with Crippen LogP contribution >= 0.6 is 50.5 Å². The minimum Gasteiger partial charge on any atom is -0.370 e. The molecule has 0 saturated heterocycles. The highest BCUT2D eigenvalue weighted by molar-refractivity contribution is 9.11. The molecule has 0 fully saturated rings. The van der Waals surface area contributed by atoms with Gasteiger partial charge in [-0.05, 0) is 59.5 Å². The van der Waals surface area contributed by atoms with E-state index in [2.05, 4.69) is 33.4 Å². The van der Waals surface area contributed by atoms with E-state index in [1.54, 1.807) is 17.4 Å². The summed E-state index contributed by atoms with van der Waals surface area (Å²) in [5.74, 6) is 1.02. The number of thiophene rings is 1. The van der Waals surface area contributed by atoms with Crippen LogP contribution in [0.2, 0.25) is 10.0 Å². The van der Waals surface area contributed by atoms with Crippen LogP contribution < -0.4 is 5.32 Å². The van der Waals surface area contributed by atoms with E-state index in [-0.39, 0.29) is 0 Å². The monoisotopic (exact) mass is 441 g/mol. The van der Waals surface area contributed by atoms with Crippen molar-refractivity contribution in [2.75, 3.05) is 11.9 Å². The molecule has 1 aromatic carbocycles. The number of fused-ring (bicyclic) bond motifs is 1. The van der Waals surface area contributed by atoms with Crippen molar-refractivity contribution in [2.24, 2.45) is 0 Å². The van der Waals surface area contributed by atoms with E-state index in [1.807, 2.05) is 16.8 Å². The molecule has 1 N–H and O–H groups in total. The van der Waals surface area contributed by atoms with Gasteiger partial charge >= 0.3 is 0 Å². The molecule has 4 rings (SSSR count). The van der Waals surface area contributed by atoms with Crippen molar-refractivity contribution in [1.29, 1.82) is 0 Å². The van der Waals surface area contributed by atoms with E-state index in [9.17, 15) is 0 Å². The topological polar surface area (TPSA) is 29.9 Å². The first kappa shape index (κ1) is 16.5. The Labute approximate surface area is 162 Å². The summed E-state index contributed by atoms with van der Waals surface area (Å²) in [6.45, 7) is 0.935. The average molecular weight is 443 g/mol. The number of halogens is 3. The van der Waals surface area contributed by atoms with Crippen molar-refractivity contribution in [2.45, 2.75) is 19.3 Å². The van der Waals surface area contributed by atoms with Gasteiger partial charge in [0.2, 0.25) is 0 Å². The summed E-state index contributed by atoms with van der Waals surface area (Å²) >= 11 is 17.9. The fourth-order valence-corrected chi connectivity index (χ4v) is 4.75. The van der Waals surface area contributed by atoms with E-state index in [0.717, 1.165) is 51.7 Å². The van der Waals surface area contributed by atoms with Crippen molar-refractivity contribution >= 4 is 56.3 Å². The van der Waals surface area contributed by atoms with Gasteiger partial charge in [0.1, 0.15) is 11.5 Å². The predicted octanol–water partition coefficient (Wildman–Crippen LogP) is 6.42. The van der Waals surface area contributed by atoms with E-state index in [0.29, 0.717) is 10.0 Å². The Morgan fingerprint density at radius 2 is 2.04 bits per heavy atom. The van der Waals surface area contributed by atoms with Gasteiger partial charge < -0.3 is 5.32 Å². The van der Waals surface area contributed by atoms with Gasteiger partial charge in [0, 0.05) is 12.1 Å². The van der Waals surface area contributed by atoms with Crippen LogP contribution in [0.5, 0.6) is 0 Å². The lowest BCUT2D eigenvalue weighted by molar-refractivity contribution is 0.780. The first-order valence-corrected chi connectivity index (χ1v) is 10.1. The second-order valence-corrected chi connectivity index (χ2v) is 8.90. The van der Waals surface area contributed by atoms with E-state index >= 15 is 0 Å². The number of nitrogens with one attached hydrogen (secondary N) is 1. The molecule has 1 aliphatic heterocycles. The Kier molecular flexibility index (Phi) is 4.60. The number of nitrogens with zero attached hydrogens (tertiary/aromatic N) is 2. The highest BCUT2D eigenvalue weighted by atomic mass is 79.9. The van der Waals surface area contributed by atoms with Crippen molar-refractivity contribution < 1.29 is 0 Å². The zero-order valence-electron chi connectivity index (χ0n) is 12.7. The lowest BCUT2D eigenvalue weighted by Crippen LogP contribution is -2.07. The molecule has 7 heteroatoms. The molecule has 0 radical (unpaired) electrons. The van der Waals surface area contributed by atoms with Crippen LogP contribution in [-0.2, 0) is 6.42 Å². The third kappa shape index (κ3) is 2.88. The number of hydrogen-bond donors (Lipinski definition) is 1. The Bertz CT molecular complexity index is 903. The summed E-state index contributed by atoms with van der Waals surface area (Å²) in [6, 6.07) is 9.80. The average Bonchev–Trinajstić information content (AvgIpc) is 3.06. The molecule has 0 atom stereocenters. The smallest absolute Gasteiger partial charge is 0.133 e. The maximum absolute atomic E-state index is 6.44. The Hall–Kier alpha value is -1.01. The summed E-state index contributed by atoms with van der Waals surface area (Å²) in [5, 5.41) is 9.47. The second-order valence-electron chi connectivity index (χ2n) is 5.65. The molecule has 3 aromatic rings.